The van der Waals surface area contributed by atoms with E-state index in [2.05, 4.69) is 0 Å². The molecule has 0 radical (unpaired) electrons. The normalized spacial score (nSPS) is 10.9. The Hall–Kier alpha value is -3.20. The number of thiophene rings is 1. The monoisotopic (exact) mass is 424 g/mol. The number of phenols is 1. The highest BCUT2D eigenvalue weighted by molar-refractivity contribution is 7.14. The predicted molar refractivity (Wildman–Crippen MR) is 97.4 cm³/mol. The second-order valence-corrected chi connectivity index (χ2v) is 7.07. The highest BCUT2D eigenvalue weighted by Crippen LogP contribution is 2.37. The van der Waals surface area contributed by atoms with Crippen LogP contribution in [0.25, 0.3) is 10.4 Å². The molecule has 4 nitrogen and oxygen atoms in total. The molecule has 1 heterocycles. The van der Waals surface area contributed by atoms with E-state index in [0.29, 0.717) is 6.07 Å². The van der Waals surface area contributed by atoms with E-state index in [9.17, 15) is 37.4 Å². The number of aromatic carboxylic acids is 1. The summed E-state index contributed by atoms with van der Waals surface area (Å²) in [6.45, 7) is 1.35. The predicted octanol–water partition coefficient (Wildman–Crippen LogP) is 5.11. The molecule has 0 aliphatic carbocycles. The molecule has 150 valence electrons. The van der Waals surface area contributed by atoms with Crippen molar-refractivity contribution in [3.63, 3.8) is 0 Å². The van der Waals surface area contributed by atoms with Crippen LogP contribution in [-0.4, -0.2) is 22.0 Å². The molecule has 3 aromatic rings. The molecule has 0 atom stereocenters. The maximum atomic E-state index is 14.3. The first-order chi connectivity index (χ1) is 13.6. The van der Waals surface area contributed by atoms with Gasteiger partial charge in [0.05, 0.1) is 16.0 Å². The Morgan fingerprint density at radius 2 is 1.69 bits per heavy atom. The van der Waals surface area contributed by atoms with Crippen molar-refractivity contribution < 1.29 is 37.4 Å². The molecule has 0 saturated carbocycles. The molecule has 0 unspecified atom stereocenters. The van der Waals surface area contributed by atoms with Crippen molar-refractivity contribution in [2.24, 2.45) is 0 Å². The first-order valence-corrected chi connectivity index (χ1v) is 9.00. The fourth-order valence-corrected chi connectivity index (χ4v) is 3.89. The number of hydrogen-bond donors (Lipinski definition) is 2. The lowest BCUT2D eigenvalue weighted by molar-refractivity contribution is 0.0697. The molecule has 29 heavy (non-hydrogen) atoms. The fourth-order valence-electron chi connectivity index (χ4n) is 2.81. The van der Waals surface area contributed by atoms with E-state index < -0.39 is 58.3 Å². The van der Waals surface area contributed by atoms with Gasteiger partial charge in [0, 0.05) is 12.0 Å². The van der Waals surface area contributed by atoms with Gasteiger partial charge in [0.2, 0.25) is 5.82 Å². The van der Waals surface area contributed by atoms with Gasteiger partial charge in [0.25, 0.3) is 0 Å². The fraction of sp³-hybridized carbons (Fsp3) is 0.100. The van der Waals surface area contributed by atoms with Crippen molar-refractivity contribution in [2.45, 2.75) is 13.3 Å². The zero-order valence-electron chi connectivity index (χ0n) is 14.7. The lowest BCUT2D eigenvalue weighted by Gasteiger charge is -2.08. The van der Waals surface area contributed by atoms with Crippen molar-refractivity contribution >= 4 is 23.1 Å². The number of halogens is 4. The summed E-state index contributed by atoms with van der Waals surface area (Å²) in [6.07, 6.45) is -0.577. The quantitative estimate of drug-likeness (QED) is 0.441. The molecule has 0 spiro atoms. The number of hydrogen-bond acceptors (Lipinski definition) is 4. The summed E-state index contributed by atoms with van der Waals surface area (Å²) in [4.78, 5) is 24.1. The van der Waals surface area contributed by atoms with E-state index in [1.165, 1.54) is 24.4 Å². The molecule has 1 aromatic heterocycles. The number of Topliss-reactive ketones (excluding diaryl/α,β-unsaturated/α-hetero) is 1. The topological polar surface area (TPSA) is 74.6 Å². The number of aryl methyl sites for hydroxylation is 1. The van der Waals surface area contributed by atoms with Gasteiger partial charge in [-0.1, -0.05) is 12.1 Å². The van der Waals surface area contributed by atoms with Gasteiger partial charge in [-0.15, -0.1) is 11.3 Å². The lowest BCUT2D eigenvalue weighted by Crippen LogP contribution is -2.09. The van der Waals surface area contributed by atoms with Gasteiger partial charge >= 0.3 is 5.97 Å². The number of rotatable bonds is 5. The largest absolute Gasteiger partial charge is 0.504 e. The van der Waals surface area contributed by atoms with Gasteiger partial charge in [-0.3, -0.25) is 4.79 Å². The van der Waals surface area contributed by atoms with Crippen molar-refractivity contribution in [1.82, 2.24) is 0 Å². The van der Waals surface area contributed by atoms with Crippen LogP contribution in [-0.2, 0) is 6.42 Å². The van der Waals surface area contributed by atoms with E-state index in [-0.39, 0.29) is 21.6 Å². The zero-order chi connectivity index (χ0) is 21.5. The van der Waals surface area contributed by atoms with E-state index >= 15 is 0 Å². The van der Waals surface area contributed by atoms with Crippen LogP contribution in [0.1, 0.15) is 31.8 Å². The maximum Gasteiger partial charge on any atom is 0.337 e. The molecule has 2 aromatic carbocycles. The van der Waals surface area contributed by atoms with Crippen LogP contribution in [0.4, 0.5) is 17.6 Å². The highest BCUT2D eigenvalue weighted by Gasteiger charge is 2.26. The highest BCUT2D eigenvalue weighted by atomic mass is 32.1. The Balaban J connectivity index is 2.05. The molecule has 0 bridgehead atoms. The van der Waals surface area contributed by atoms with Crippen LogP contribution >= 0.6 is 11.3 Å². The Morgan fingerprint density at radius 1 is 1.00 bits per heavy atom. The van der Waals surface area contributed by atoms with Crippen LogP contribution < -0.4 is 0 Å². The third kappa shape index (κ3) is 3.61. The number of carbonyl (C=O) groups is 2. The molecular formula is C20H12F4O4S. The SMILES string of the molecule is Cc1ccc(-c2scc(CC(=O)c3ccc(F)c(F)c3O)c2C(=O)O)c(F)c1F. The van der Waals surface area contributed by atoms with Crippen molar-refractivity contribution in [3.05, 3.63) is 75.2 Å². The molecular weight excluding hydrogens is 412 g/mol. The average Bonchev–Trinajstić information content (AvgIpc) is 3.07. The van der Waals surface area contributed by atoms with Crippen LogP contribution in [0.3, 0.4) is 0 Å². The molecule has 9 heteroatoms. The summed E-state index contributed by atoms with van der Waals surface area (Å²) in [7, 11) is 0. The van der Waals surface area contributed by atoms with Crippen molar-refractivity contribution in [2.75, 3.05) is 0 Å². The van der Waals surface area contributed by atoms with Gasteiger partial charge in [0.15, 0.2) is 29.0 Å². The molecule has 2 N–H and O–H groups in total. The zero-order valence-corrected chi connectivity index (χ0v) is 15.5. The number of carboxylic acids is 1. The Kier molecular flexibility index (Phi) is 5.43. The maximum absolute atomic E-state index is 14.3. The number of carbonyl (C=O) groups excluding carboxylic acids is 1. The van der Waals surface area contributed by atoms with Crippen LogP contribution in [0, 0.1) is 30.2 Å². The molecule has 0 aliphatic heterocycles. The minimum atomic E-state index is -1.60. The molecule has 0 amide bonds. The molecule has 0 fully saturated rings. The first kappa shape index (κ1) is 20.5. The van der Waals surface area contributed by atoms with E-state index in [0.717, 1.165) is 17.4 Å². The van der Waals surface area contributed by atoms with Crippen LogP contribution in [0.2, 0.25) is 0 Å². The van der Waals surface area contributed by atoms with Gasteiger partial charge in [-0.2, -0.15) is 4.39 Å². The summed E-state index contributed by atoms with van der Waals surface area (Å²) in [5.41, 5.74) is -1.20. The van der Waals surface area contributed by atoms with Crippen LogP contribution in [0.5, 0.6) is 5.75 Å². The Labute approximate surface area is 165 Å². The van der Waals surface area contributed by atoms with Crippen molar-refractivity contribution in [1.29, 1.82) is 0 Å². The van der Waals surface area contributed by atoms with E-state index in [1.807, 2.05) is 0 Å². The average molecular weight is 424 g/mol. The van der Waals surface area contributed by atoms with E-state index in [1.54, 1.807) is 0 Å². The summed E-state index contributed by atoms with van der Waals surface area (Å²) in [6, 6.07) is 4.06. The van der Waals surface area contributed by atoms with Gasteiger partial charge in [-0.25, -0.2) is 18.0 Å². The number of benzene rings is 2. The molecule has 0 saturated heterocycles. The summed E-state index contributed by atoms with van der Waals surface area (Å²) >= 11 is 0.797. The van der Waals surface area contributed by atoms with Crippen LogP contribution in [0.15, 0.2) is 29.6 Å². The smallest absolute Gasteiger partial charge is 0.337 e. The lowest BCUT2D eigenvalue weighted by atomic mass is 9.98. The van der Waals surface area contributed by atoms with E-state index in [4.69, 9.17) is 0 Å². The Morgan fingerprint density at radius 3 is 2.34 bits per heavy atom. The second kappa shape index (κ2) is 7.67. The van der Waals surface area contributed by atoms with Gasteiger partial charge < -0.3 is 10.2 Å². The third-order valence-corrected chi connectivity index (χ3v) is 5.38. The van der Waals surface area contributed by atoms with Gasteiger partial charge in [-0.05, 0) is 35.6 Å². The number of ketones is 1. The summed E-state index contributed by atoms with van der Waals surface area (Å²) in [5, 5.41) is 20.5. The van der Waals surface area contributed by atoms with Crippen molar-refractivity contribution in [3.8, 4) is 16.2 Å². The minimum absolute atomic E-state index is 0.0352. The Bertz CT molecular complexity index is 1150. The summed E-state index contributed by atoms with van der Waals surface area (Å²) in [5.74, 6) is -8.81. The first-order valence-electron chi connectivity index (χ1n) is 8.12. The summed E-state index contributed by atoms with van der Waals surface area (Å²) < 4.78 is 54.8. The minimum Gasteiger partial charge on any atom is -0.504 e. The standard InChI is InChI=1S/C20H12F4O4S/c1-8-2-3-11(16(23)15(8)22)19-14(20(27)28)9(7-29-19)6-13(25)10-4-5-12(21)17(24)18(10)26/h2-5,7,26H,6H2,1H3,(H,27,28). The number of aromatic hydroxyl groups is 1. The van der Waals surface area contributed by atoms with Gasteiger partial charge in [0.1, 0.15) is 0 Å². The number of phenolic OH excluding ortho intramolecular Hbond substituents is 1. The number of carboxylic acid groups (broad SMARTS) is 1. The molecule has 3 rings (SSSR count). The molecule has 0 aliphatic rings. The second-order valence-electron chi connectivity index (χ2n) is 6.19. The third-order valence-electron chi connectivity index (χ3n) is 4.32.